The zero-order valence-corrected chi connectivity index (χ0v) is 14.7. The fraction of sp³-hybridized carbons (Fsp3) is 0.611. The van der Waals surface area contributed by atoms with Gasteiger partial charge in [0.1, 0.15) is 17.1 Å². The molecular formula is C18H20FN5O3. The van der Waals surface area contributed by atoms with E-state index in [1.807, 2.05) is 6.07 Å². The van der Waals surface area contributed by atoms with E-state index in [9.17, 15) is 19.9 Å². The molecule has 0 spiro atoms. The van der Waals surface area contributed by atoms with Crippen molar-refractivity contribution in [2.75, 3.05) is 25.1 Å². The number of fused-ring (bicyclic) bond motifs is 1. The summed E-state index contributed by atoms with van der Waals surface area (Å²) in [6.07, 6.45) is 3.53. The standard InChI is InChI=1S/C18H20FN5O3/c19-14-10(3-20)15(18-6-17(7-18,8-18)9-25)24-12(14)4-21-16(23-24)22-11-1-2-27-5-13(11)26/h4,11,13,25-26H,1-2,5-9H2,(H,22,23)/t11-,13-,17?,18?/m1/s1. The molecule has 2 atom stereocenters. The number of hydrogen-bond acceptors (Lipinski definition) is 7. The molecule has 3 heterocycles. The minimum absolute atomic E-state index is 0.0128. The number of nitrogens with one attached hydrogen (secondary N) is 1. The van der Waals surface area contributed by atoms with Gasteiger partial charge in [0.05, 0.1) is 30.6 Å². The molecule has 6 rings (SSSR count). The quantitative estimate of drug-likeness (QED) is 0.723. The Bertz CT molecular complexity index is 948. The fourth-order valence-electron chi connectivity index (χ4n) is 5.14. The molecule has 4 fully saturated rings. The van der Waals surface area contributed by atoms with Crippen molar-refractivity contribution >= 4 is 11.5 Å². The summed E-state index contributed by atoms with van der Waals surface area (Å²) >= 11 is 0. The van der Waals surface area contributed by atoms with Crippen LogP contribution in [0.3, 0.4) is 0 Å². The first-order valence-electron chi connectivity index (χ1n) is 9.12. The van der Waals surface area contributed by atoms with Gasteiger partial charge in [-0.25, -0.2) is 13.9 Å². The lowest BCUT2D eigenvalue weighted by Crippen LogP contribution is -2.66. The number of aromatic nitrogens is 3. The van der Waals surface area contributed by atoms with Crippen LogP contribution in [-0.4, -0.2) is 56.8 Å². The summed E-state index contributed by atoms with van der Waals surface area (Å²) in [5.41, 5.74) is 0.380. The van der Waals surface area contributed by atoms with E-state index in [4.69, 9.17) is 4.74 Å². The summed E-state index contributed by atoms with van der Waals surface area (Å²) in [7, 11) is 0. The maximum atomic E-state index is 14.8. The van der Waals surface area contributed by atoms with Crippen molar-refractivity contribution in [1.29, 1.82) is 5.26 Å². The minimum atomic E-state index is -0.671. The third-order valence-electron chi connectivity index (χ3n) is 6.36. The molecule has 2 aromatic rings. The summed E-state index contributed by atoms with van der Waals surface area (Å²) in [6.45, 7) is 0.894. The van der Waals surface area contributed by atoms with Gasteiger partial charge in [0.2, 0.25) is 5.95 Å². The Balaban J connectivity index is 1.54. The number of halogens is 1. The molecule has 4 aliphatic rings. The summed E-state index contributed by atoms with van der Waals surface area (Å²) in [5, 5.41) is 36.6. The molecule has 2 aromatic heterocycles. The lowest BCUT2D eigenvalue weighted by Gasteiger charge is -2.70. The average molecular weight is 373 g/mol. The molecule has 1 aliphatic heterocycles. The fourth-order valence-corrected chi connectivity index (χ4v) is 5.14. The summed E-state index contributed by atoms with van der Waals surface area (Å²) < 4.78 is 21.5. The van der Waals surface area contributed by atoms with Crippen LogP contribution in [0.1, 0.15) is 36.9 Å². The third-order valence-corrected chi connectivity index (χ3v) is 6.36. The van der Waals surface area contributed by atoms with E-state index in [2.05, 4.69) is 15.4 Å². The van der Waals surface area contributed by atoms with Crippen LogP contribution >= 0.6 is 0 Å². The Morgan fingerprint density at radius 2 is 2.22 bits per heavy atom. The Morgan fingerprint density at radius 3 is 2.89 bits per heavy atom. The topological polar surface area (TPSA) is 116 Å². The zero-order chi connectivity index (χ0) is 18.8. The molecule has 9 heteroatoms. The maximum absolute atomic E-state index is 14.8. The van der Waals surface area contributed by atoms with Gasteiger partial charge in [-0.2, -0.15) is 5.26 Å². The van der Waals surface area contributed by atoms with Crippen LogP contribution in [0.4, 0.5) is 10.3 Å². The van der Waals surface area contributed by atoms with E-state index in [-0.39, 0.29) is 47.1 Å². The van der Waals surface area contributed by atoms with Gasteiger partial charge in [0.25, 0.3) is 0 Å². The molecule has 0 unspecified atom stereocenters. The van der Waals surface area contributed by atoms with Crippen LogP contribution in [0, 0.1) is 22.6 Å². The van der Waals surface area contributed by atoms with Gasteiger partial charge < -0.3 is 20.3 Å². The molecule has 1 saturated heterocycles. The summed E-state index contributed by atoms with van der Waals surface area (Å²) in [4.78, 5) is 4.17. The van der Waals surface area contributed by atoms with Gasteiger partial charge >= 0.3 is 0 Å². The highest BCUT2D eigenvalue weighted by Crippen LogP contribution is 2.73. The molecule has 0 aromatic carbocycles. The normalized spacial score (nSPS) is 34.6. The highest BCUT2D eigenvalue weighted by molar-refractivity contribution is 5.61. The molecule has 0 amide bonds. The first-order chi connectivity index (χ1) is 13.0. The van der Waals surface area contributed by atoms with Crippen LogP contribution in [0.25, 0.3) is 5.52 Å². The predicted octanol–water partition coefficient (Wildman–Crippen LogP) is 0.716. The second-order valence-corrected chi connectivity index (χ2v) is 8.18. The van der Waals surface area contributed by atoms with Gasteiger partial charge in [-0.1, -0.05) is 0 Å². The summed E-state index contributed by atoms with van der Waals surface area (Å²) in [6, 6.07) is 1.74. The van der Waals surface area contributed by atoms with Crippen LogP contribution in [-0.2, 0) is 10.2 Å². The van der Waals surface area contributed by atoms with Gasteiger partial charge in [-0.05, 0) is 31.1 Å². The molecule has 3 saturated carbocycles. The van der Waals surface area contributed by atoms with Crippen LogP contribution in [0.5, 0.6) is 0 Å². The van der Waals surface area contributed by atoms with E-state index >= 15 is 0 Å². The average Bonchev–Trinajstić information content (AvgIpc) is 2.87. The van der Waals surface area contributed by atoms with Crippen molar-refractivity contribution in [3.05, 3.63) is 23.3 Å². The Kier molecular flexibility index (Phi) is 3.50. The number of aliphatic hydroxyl groups is 2. The van der Waals surface area contributed by atoms with Crippen molar-refractivity contribution in [2.45, 2.75) is 43.2 Å². The largest absolute Gasteiger partial charge is 0.396 e. The van der Waals surface area contributed by atoms with Crippen molar-refractivity contribution in [3.8, 4) is 6.07 Å². The van der Waals surface area contributed by atoms with Crippen molar-refractivity contribution in [1.82, 2.24) is 14.6 Å². The monoisotopic (exact) mass is 373 g/mol. The van der Waals surface area contributed by atoms with E-state index < -0.39 is 11.9 Å². The zero-order valence-electron chi connectivity index (χ0n) is 14.7. The first kappa shape index (κ1) is 16.9. The molecule has 8 nitrogen and oxygen atoms in total. The number of ether oxygens (including phenoxy) is 1. The Labute approximate surface area is 154 Å². The van der Waals surface area contributed by atoms with Gasteiger partial charge in [-0.3, -0.25) is 0 Å². The second kappa shape index (κ2) is 5.61. The highest BCUT2D eigenvalue weighted by Gasteiger charge is 2.69. The van der Waals surface area contributed by atoms with E-state index in [0.29, 0.717) is 18.7 Å². The number of hydrogen-bond donors (Lipinski definition) is 3. The van der Waals surface area contributed by atoms with Gasteiger partial charge in [0, 0.05) is 18.6 Å². The summed E-state index contributed by atoms with van der Waals surface area (Å²) in [5.74, 6) is -0.328. The van der Waals surface area contributed by atoms with Crippen LogP contribution in [0.2, 0.25) is 0 Å². The predicted molar refractivity (Wildman–Crippen MR) is 91.6 cm³/mol. The van der Waals surface area contributed by atoms with Gasteiger partial charge in [-0.15, -0.1) is 5.10 Å². The number of nitriles is 1. The Morgan fingerprint density at radius 1 is 1.44 bits per heavy atom. The van der Waals surface area contributed by atoms with E-state index in [1.54, 1.807) is 0 Å². The van der Waals surface area contributed by atoms with Crippen LogP contribution in [0.15, 0.2) is 6.20 Å². The first-order valence-corrected chi connectivity index (χ1v) is 9.12. The van der Waals surface area contributed by atoms with Gasteiger partial charge in [0.15, 0.2) is 5.82 Å². The molecule has 3 N–H and O–H groups in total. The van der Waals surface area contributed by atoms with Crippen LogP contribution < -0.4 is 5.32 Å². The second-order valence-electron chi connectivity index (χ2n) is 8.18. The molecular weight excluding hydrogens is 353 g/mol. The van der Waals surface area contributed by atoms with E-state index in [0.717, 1.165) is 19.3 Å². The van der Waals surface area contributed by atoms with Crippen molar-refractivity contribution < 1.29 is 19.3 Å². The highest BCUT2D eigenvalue weighted by atomic mass is 19.1. The number of anilines is 1. The molecule has 3 aliphatic carbocycles. The third kappa shape index (κ3) is 2.24. The lowest BCUT2D eigenvalue weighted by atomic mass is 9.34. The van der Waals surface area contributed by atoms with Crippen molar-refractivity contribution in [2.24, 2.45) is 5.41 Å². The molecule has 27 heavy (non-hydrogen) atoms. The number of aliphatic hydroxyl groups excluding tert-OH is 2. The lowest BCUT2D eigenvalue weighted by molar-refractivity contribution is -0.170. The minimum Gasteiger partial charge on any atom is -0.396 e. The number of nitrogens with zero attached hydrogens (tertiary/aromatic N) is 4. The molecule has 142 valence electrons. The van der Waals surface area contributed by atoms with Crippen molar-refractivity contribution in [3.63, 3.8) is 0 Å². The van der Waals surface area contributed by atoms with E-state index in [1.165, 1.54) is 10.7 Å². The smallest absolute Gasteiger partial charge is 0.241 e. The molecule has 2 bridgehead atoms. The Hall–Kier alpha value is -2.28. The maximum Gasteiger partial charge on any atom is 0.241 e. The number of rotatable bonds is 4. The molecule has 0 radical (unpaired) electrons. The SMILES string of the molecule is N#Cc1c(F)c2cnc(N[C@@H]3CCOC[C@H]3O)nn2c1C12CC(CO)(C1)C2.